The van der Waals surface area contributed by atoms with Crippen molar-refractivity contribution in [3.63, 3.8) is 0 Å². The molecule has 18 heavy (non-hydrogen) atoms. The Hall–Kier alpha value is -0.770. The highest BCUT2D eigenvalue weighted by molar-refractivity contribution is 6.31. The van der Waals surface area contributed by atoms with Crippen LogP contribution in [0.5, 0.6) is 5.75 Å². The van der Waals surface area contributed by atoms with Gasteiger partial charge < -0.3 is 10.5 Å². The summed E-state index contributed by atoms with van der Waals surface area (Å²) in [4.78, 5) is 2.40. The van der Waals surface area contributed by atoms with Crippen molar-refractivity contribution >= 4 is 11.6 Å². The first kappa shape index (κ1) is 13.7. The quantitative estimate of drug-likeness (QED) is 0.912. The van der Waals surface area contributed by atoms with Crippen molar-refractivity contribution in [1.82, 2.24) is 4.90 Å². The molecule has 1 aromatic carbocycles. The van der Waals surface area contributed by atoms with Crippen LogP contribution in [0.2, 0.25) is 5.02 Å². The number of methoxy groups -OCH3 is 1. The van der Waals surface area contributed by atoms with Crippen LogP contribution in [0.25, 0.3) is 0 Å². The van der Waals surface area contributed by atoms with E-state index < -0.39 is 0 Å². The Balaban J connectivity index is 2.11. The molecule has 0 radical (unpaired) electrons. The number of halogens is 1. The highest BCUT2D eigenvalue weighted by Gasteiger charge is 2.32. The molecule has 0 bridgehead atoms. The monoisotopic (exact) mass is 268 g/mol. The highest BCUT2D eigenvalue weighted by Crippen LogP contribution is 2.33. The standard InChI is InChI=1S/C14H21ClN2O/c1-14(9-16)6-7-17(10-14)8-11-12(15)4-3-5-13(11)18-2/h3-5H,6-10,16H2,1-2H3. The summed E-state index contributed by atoms with van der Waals surface area (Å²) >= 11 is 6.26. The van der Waals surface area contributed by atoms with E-state index in [1.54, 1.807) is 7.11 Å². The predicted octanol–water partition coefficient (Wildman–Crippen LogP) is 2.52. The zero-order valence-corrected chi connectivity index (χ0v) is 11.8. The zero-order chi connectivity index (χ0) is 13.2. The van der Waals surface area contributed by atoms with Gasteiger partial charge in [-0.2, -0.15) is 0 Å². The second-order valence-corrected chi connectivity index (χ2v) is 5.80. The Morgan fingerprint density at radius 2 is 2.28 bits per heavy atom. The summed E-state index contributed by atoms with van der Waals surface area (Å²) in [6.45, 7) is 5.92. The van der Waals surface area contributed by atoms with Gasteiger partial charge in [-0.15, -0.1) is 0 Å². The van der Waals surface area contributed by atoms with Gasteiger partial charge in [0.2, 0.25) is 0 Å². The summed E-state index contributed by atoms with van der Waals surface area (Å²) in [5.74, 6) is 0.865. The van der Waals surface area contributed by atoms with Crippen molar-refractivity contribution < 1.29 is 4.74 Å². The predicted molar refractivity (Wildman–Crippen MR) is 75.1 cm³/mol. The van der Waals surface area contributed by atoms with E-state index in [4.69, 9.17) is 22.1 Å². The fourth-order valence-electron chi connectivity index (χ4n) is 2.53. The molecule has 0 saturated carbocycles. The molecule has 3 nitrogen and oxygen atoms in total. The fourth-order valence-corrected chi connectivity index (χ4v) is 2.76. The van der Waals surface area contributed by atoms with Crippen molar-refractivity contribution in [2.45, 2.75) is 19.9 Å². The highest BCUT2D eigenvalue weighted by atomic mass is 35.5. The number of nitrogens with zero attached hydrogens (tertiary/aromatic N) is 1. The van der Waals surface area contributed by atoms with Gasteiger partial charge in [0, 0.05) is 23.7 Å². The minimum absolute atomic E-state index is 0.245. The lowest BCUT2D eigenvalue weighted by atomic mass is 9.90. The summed E-state index contributed by atoms with van der Waals surface area (Å²) in [5, 5.41) is 0.774. The van der Waals surface area contributed by atoms with Crippen LogP contribution in [0.3, 0.4) is 0 Å². The number of rotatable bonds is 4. The molecular weight excluding hydrogens is 248 g/mol. The lowest BCUT2D eigenvalue weighted by Gasteiger charge is -2.23. The van der Waals surface area contributed by atoms with E-state index in [-0.39, 0.29) is 5.41 Å². The van der Waals surface area contributed by atoms with E-state index in [1.807, 2.05) is 18.2 Å². The van der Waals surface area contributed by atoms with Gasteiger partial charge >= 0.3 is 0 Å². The van der Waals surface area contributed by atoms with Gasteiger partial charge in [0.15, 0.2) is 0 Å². The number of hydrogen-bond acceptors (Lipinski definition) is 3. The molecule has 0 amide bonds. The number of hydrogen-bond donors (Lipinski definition) is 1. The molecule has 1 aliphatic heterocycles. The van der Waals surface area contributed by atoms with Crippen molar-refractivity contribution in [2.75, 3.05) is 26.7 Å². The average Bonchev–Trinajstić information content (AvgIpc) is 2.74. The van der Waals surface area contributed by atoms with Crippen LogP contribution in [0, 0.1) is 5.41 Å². The molecule has 100 valence electrons. The topological polar surface area (TPSA) is 38.5 Å². The van der Waals surface area contributed by atoms with Crippen LogP contribution in [-0.2, 0) is 6.54 Å². The molecule has 2 N–H and O–H groups in total. The van der Waals surface area contributed by atoms with E-state index in [0.29, 0.717) is 0 Å². The fraction of sp³-hybridized carbons (Fsp3) is 0.571. The molecule has 1 unspecified atom stereocenters. The summed E-state index contributed by atoms with van der Waals surface area (Å²) in [7, 11) is 1.68. The first-order valence-electron chi connectivity index (χ1n) is 6.32. The Morgan fingerprint density at radius 1 is 1.50 bits per heavy atom. The van der Waals surface area contributed by atoms with Crippen molar-refractivity contribution in [3.8, 4) is 5.75 Å². The van der Waals surface area contributed by atoms with Crippen LogP contribution in [-0.4, -0.2) is 31.6 Å². The van der Waals surface area contributed by atoms with Gasteiger partial charge in [-0.25, -0.2) is 0 Å². The molecule has 1 fully saturated rings. The molecule has 1 aromatic rings. The summed E-state index contributed by atoms with van der Waals surface area (Å²) in [6.07, 6.45) is 1.15. The Labute approximate surface area is 114 Å². The molecule has 1 atom stereocenters. The molecule has 0 spiro atoms. The largest absolute Gasteiger partial charge is 0.496 e. The molecule has 1 heterocycles. The molecule has 2 rings (SSSR count). The Bertz CT molecular complexity index is 424. The number of ether oxygens (including phenoxy) is 1. The average molecular weight is 269 g/mol. The number of benzene rings is 1. The first-order valence-corrected chi connectivity index (χ1v) is 6.69. The summed E-state index contributed by atoms with van der Waals surface area (Å²) < 4.78 is 5.38. The maximum atomic E-state index is 6.26. The summed E-state index contributed by atoms with van der Waals surface area (Å²) in [5.41, 5.74) is 7.15. The maximum Gasteiger partial charge on any atom is 0.124 e. The van der Waals surface area contributed by atoms with E-state index >= 15 is 0 Å². The van der Waals surface area contributed by atoms with Crippen LogP contribution in [0.4, 0.5) is 0 Å². The van der Waals surface area contributed by atoms with Crippen LogP contribution in [0.15, 0.2) is 18.2 Å². The third-order valence-corrected chi connectivity index (χ3v) is 4.16. The second kappa shape index (κ2) is 5.47. The third kappa shape index (κ3) is 2.79. The normalized spacial score (nSPS) is 24.4. The van der Waals surface area contributed by atoms with E-state index in [2.05, 4.69) is 11.8 Å². The van der Waals surface area contributed by atoms with E-state index in [9.17, 15) is 0 Å². The molecular formula is C14H21ClN2O. The first-order chi connectivity index (χ1) is 8.58. The van der Waals surface area contributed by atoms with Gasteiger partial charge in [-0.1, -0.05) is 24.6 Å². The van der Waals surface area contributed by atoms with Gasteiger partial charge in [-0.3, -0.25) is 4.90 Å². The molecule has 1 saturated heterocycles. The SMILES string of the molecule is COc1cccc(Cl)c1CN1CCC(C)(CN)C1. The van der Waals surface area contributed by atoms with E-state index in [1.165, 1.54) is 0 Å². The summed E-state index contributed by atoms with van der Waals surface area (Å²) in [6, 6.07) is 5.79. The third-order valence-electron chi connectivity index (χ3n) is 3.81. The minimum Gasteiger partial charge on any atom is -0.496 e. The van der Waals surface area contributed by atoms with Gasteiger partial charge in [0.05, 0.1) is 7.11 Å². The van der Waals surface area contributed by atoms with Gasteiger partial charge in [0.25, 0.3) is 0 Å². The van der Waals surface area contributed by atoms with Crippen LogP contribution < -0.4 is 10.5 Å². The lowest BCUT2D eigenvalue weighted by Crippen LogP contribution is -2.31. The lowest BCUT2D eigenvalue weighted by molar-refractivity contribution is 0.270. The van der Waals surface area contributed by atoms with Crippen LogP contribution >= 0.6 is 11.6 Å². The maximum absolute atomic E-state index is 6.26. The minimum atomic E-state index is 0.245. The number of nitrogens with two attached hydrogens (primary N) is 1. The molecule has 4 heteroatoms. The van der Waals surface area contributed by atoms with Crippen molar-refractivity contribution in [2.24, 2.45) is 11.1 Å². The second-order valence-electron chi connectivity index (χ2n) is 5.40. The Morgan fingerprint density at radius 3 is 2.89 bits per heavy atom. The van der Waals surface area contributed by atoms with Crippen molar-refractivity contribution in [3.05, 3.63) is 28.8 Å². The zero-order valence-electron chi connectivity index (χ0n) is 11.1. The molecule has 0 aliphatic carbocycles. The van der Waals surface area contributed by atoms with Gasteiger partial charge in [0.1, 0.15) is 5.75 Å². The Kier molecular flexibility index (Phi) is 4.15. The molecule has 1 aliphatic rings. The number of likely N-dealkylation sites (tertiary alicyclic amines) is 1. The molecule has 0 aromatic heterocycles. The van der Waals surface area contributed by atoms with Crippen molar-refractivity contribution in [1.29, 1.82) is 0 Å². The van der Waals surface area contributed by atoms with Gasteiger partial charge in [-0.05, 0) is 37.1 Å². The smallest absolute Gasteiger partial charge is 0.124 e. The van der Waals surface area contributed by atoms with Crippen LogP contribution in [0.1, 0.15) is 18.9 Å². The van der Waals surface area contributed by atoms with E-state index in [0.717, 1.165) is 48.9 Å².